The number of hydrogen-bond acceptors (Lipinski definition) is 6. The third-order valence-corrected chi connectivity index (χ3v) is 7.05. The molecule has 0 saturated carbocycles. The van der Waals surface area contributed by atoms with Crippen LogP contribution in [0.15, 0.2) is 58.5 Å². The largest absolute Gasteiger partial charge is 0.417 e. The molecule has 4 rings (SSSR count). The van der Waals surface area contributed by atoms with E-state index in [1.54, 1.807) is 12.1 Å². The molecule has 0 radical (unpaired) electrons. The number of pyridine rings is 2. The van der Waals surface area contributed by atoms with Crippen molar-refractivity contribution in [1.82, 2.24) is 19.7 Å². The molecule has 176 valence electrons. The van der Waals surface area contributed by atoms with Crippen LogP contribution in [0, 0.1) is 0 Å². The van der Waals surface area contributed by atoms with Crippen LogP contribution in [0.3, 0.4) is 0 Å². The van der Waals surface area contributed by atoms with Gasteiger partial charge in [0, 0.05) is 27.2 Å². The van der Waals surface area contributed by atoms with Crippen LogP contribution < -0.4 is 5.56 Å². The second kappa shape index (κ2) is 8.64. The van der Waals surface area contributed by atoms with Crippen LogP contribution in [0.25, 0.3) is 28.0 Å². The Morgan fingerprint density at radius 1 is 1.03 bits per heavy atom. The van der Waals surface area contributed by atoms with Crippen LogP contribution in [0.2, 0.25) is 10.0 Å². The Morgan fingerprint density at radius 3 is 2.32 bits per heavy atom. The smallest absolute Gasteiger partial charge is 0.265 e. The summed E-state index contributed by atoms with van der Waals surface area (Å²) in [5, 5.41) is 4.35. The fourth-order valence-corrected chi connectivity index (χ4v) is 4.71. The number of benzene rings is 1. The molecule has 0 saturated heterocycles. The number of sulfone groups is 1. The number of rotatable bonds is 4. The summed E-state index contributed by atoms with van der Waals surface area (Å²) in [4.78, 5) is 20.8. The lowest BCUT2D eigenvalue weighted by Crippen LogP contribution is -2.25. The Hall–Kier alpha value is -3.02. The highest BCUT2D eigenvalue weighted by atomic mass is 35.5. The maximum absolute atomic E-state index is 13.1. The van der Waals surface area contributed by atoms with Crippen molar-refractivity contribution in [2.45, 2.75) is 18.0 Å². The first kappa shape index (κ1) is 24.1. The van der Waals surface area contributed by atoms with Gasteiger partial charge in [-0.1, -0.05) is 30.1 Å². The van der Waals surface area contributed by atoms with Gasteiger partial charge < -0.3 is 0 Å². The lowest BCUT2D eigenvalue weighted by Gasteiger charge is -2.13. The van der Waals surface area contributed by atoms with Crippen LogP contribution in [0.4, 0.5) is 13.2 Å². The van der Waals surface area contributed by atoms with Crippen molar-refractivity contribution in [3.63, 3.8) is 0 Å². The molecule has 0 bridgehead atoms. The number of halogens is 5. The van der Waals surface area contributed by atoms with E-state index in [0.717, 1.165) is 12.3 Å². The molecule has 34 heavy (non-hydrogen) atoms. The quantitative estimate of drug-likeness (QED) is 0.371. The molecule has 0 atom stereocenters. The van der Waals surface area contributed by atoms with Crippen LogP contribution in [-0.2, 0) is 16.0 Å². The first-order chi connectivity index (χ1) is 15.9. The van der Waals surface area contributed by atoms with Gasteiger partial charge in [0.2, 0.25) is 0 Å². The summed E-state index contributed by atoms with van der Waals surface area (Å²) in [5.41, 5.74) is -1.64. The van der Waals surface area contributed by atoms with Crippen molar-refractivity contribution in [2.24, 2.45) is 0 Å². The van der Waals surface area contributed by atoms with Gasteiger partial charge in [0.25, 0.3) is 5.56 Å². The van der Waals surface area contributed by atoms with E-state index >= 15 is 0 Å². The van der Waals surface area contributed by atoms with Crippen molar-refractivity contribution >= 4 is 43.9 Å². The average molecular weight is 529 g/mol. The van der Waals surface area contributed by atoms with Crippen LogP contribution >= 0.6 is 23.2 Å². The zero-order valence-electron chi connectivity index (χ0n) is 17.1. The normalized spacial score (nSPS) is 12.3. The highest BCUT2D eigenvalue weighted by Crippen LogP contribution is 2.31. The summed E-state index contributed by atoms with van der Waals surface area (Å²) in [6.45, 7) is 1.42. The molecular formula is C21H13Cl2F3N4O3S. The Balaban J connectivity index is 1.99. The highest BCUT2D eigenvalue weighted by molar-refractivity contribution is 7.91. The van der Waals surface area contributed by atoms with E-state index in [2.05, 4.69) is 15.1 Å². The summed E-state index contributed by atoms with van der Waals surface area (Å²) >= 11 is 12.1. The van der Waals surface area contributed by atoms with Crippen molar-refractivity contribution in [3.8, 4) is 17.1 Å². The summed E-state index contributed by atoms with van der Waals surface area (Å²) in [6, 6.07) is 8.02. The molecule has 13 heteroatoms. The topological polar surface area (TPSA) is 94.8 Å². The first-order valence-electron chi connectivity index (χ1n) is 9.56. The lowest BCUT2D eigenvalue weighted by atomic mass is 10.1. The maximum atomic E-state index is 13.1. The van der Waals surface area contributed by atoms with Crippen molar-refractivity contribution in [1.29, 1.82) is 0 Å². The maximum Gasteiger partial charge on any atom is 0.417 e. The number of hydrogen-bond donors (Lipinski definition) is 0. The van der Waals surface area contributed by atoms with Gasteiger partial charge in [0.15, 0.2) is 15.7 Å². The Labute approximate surface area is 200 Å². The summed E-state index contributed by atoms with van der Waals surface area (Å²) in [6.07, 6.45) is -3.14. The molecule has 3 aromatic heterocycles. The monoisotopic (exact) mass is 528 g/mol. The van der Waals surface area contributed by atoms with Crippen LogP contribution in [0.1, 0.15) is 12.5 Å². The molecule has 0 spiro atoms. The second-order valence-electron chi connectivity index (χ2n) is 7.10. The standard InChI is InChI=1S/C21H13Cl2F3N4O3S/c1-2-34(32,33)17-4-3-16(11-6-14(22)8-15(23)7-11)29-19(17)30-20(31)18-12(9-28-30)5-13(10-27-18)21(24,25)26/h3-10H,2H2,1H3. The van der Waals surface area contributed by atoms with E-state index < -0.39 is 27.1 Å². The fourth-order valence-electron chi connectivity index (χ4n) is 3.19. The first-order valence-corrected chi connectivity index (χ1v) is 12.0. The Kier molecular flexibility index (Phi) is 6.13. The van der Waals surface area contributed by atoms with E-state index in [0.29, 0.717) is 26.5 Å². The van der Waals surface area contributed by atoms with Gasteiger partial charge >= 0.3 is 6.18 Å². The fraction of sp³-hybridized carbons (Fsp3) is 0.143. The molecule has 0 N–H and O–H groups in total. The minimum atomic E-state index is -4.66. The predicted molar refractivity (Wildman–Crippen MR) is 121 cm³/mol. The third kappa shape index (κ3) is 4.50. The molecule has 7 nitrogen and oxygen atoms in total. The third-order valence-electron chi connectivity index (χ3n) is 4.87. The van der Waals surface area contributed by atoms with E-state index in [9.17, 15) is 26.4 Å². The molecule has 0 fully saturated rings. The number of aromatic nitrogens is 4. The van der Waals surface area contributed by atoms with Crippen molar-refractivity contribution < 1.29 is 21.6 Å². The highest BCUT2D eigenvalue weighted by Gasteiger charge is 2.31. The number of nitrogens with zero attached hydrogens (tertiary/aromatic N) is 4. The zero-order chi connectivity index (χ0) is 24.8. The Morgan fingerprint density at radius 2 is 1.71 bits per heavy atom. The minimum Gasteiger partial charge on any atom is -0.265 e. The SMILES string of the molecule is CCS(=O)(=O)c1ccc(-c2cc(Cl)cc(Cl)c2)nc1-n1ncc2cc(C(F)(F)F)cnc2c1=O. The van der Waals surface area contributed by atoms with E-state index in [1.165, 1.54) is 25.1 Å². The van der Waals surface area contributed by atoms with Crippen molar-refractivity contribution in [2.75, 3.05) is 5.75 Å². The van der Waals surface area contributed by atoms with Gasteiger partial charge in [-0.05, 0) is 36.4 Å². The van der Waals surface area contributed by atoms with Crippen LogP contribution in [0.5, 0.6) is 0 Å². The predicted octanol–water partition coefficient (Wildman–Crippen LogP) is 4.96. The number of fused-ring (bicyclic) bond motifs is 1. The molecule has 0 aliphatic rings. The molecule has 0 aliphatic heterocycles. The van der Waals surface area contributed by atoms with Gasteiger partial charge in [-0.2, -0.15) is 23.0 Å². The zero-order valence-corrected chi connectivity index (χ0v) is 19.5. The van der Waals surface area contributed by atoms with Gasteiger partial charge in [-0.3, -0.25) is 4.79 Å². The minimum absolute atomic E-state index is 0.159. The van der Waals surface area contributed by atoms with Gasteiger partial charge in [0.1, 0.15) is 10.4 Å². The molecular weight excluding hydrogens is 516 g/mol. The molecule has 0 amide bonds. The van der Waals surface area contributed by atoms with Crippen LogP contribution in [-0.4, -0.2) is 33.9 Å². The van der Waals surface area contributed by atoms with E-state index in [-0.39, 0.29) is 33.1 Å². The van der Waals surface area contributed by atoms with Gasteiger partial charge in [0.05, 0.1) is 23.2 Å². The molecule has 0 aliphatic carbocycles. The second-order valence-corrected chi connectivity index (χ2v) is 10.2. The van der Waals surface area contributed by atoms with E-state index in [1.807, 2.05) is 0 Å². The average Bonchev–Trinajstić information content (AvgIpc) is 2.77. The molecule has 4 aromatic rings. The molecule has 0 unspecified atom stereocenters. The van der Waals surface area contributed by atoms with Gasteiger partial charge in [-0.25, -0.2) is 18.4 Å². The van der Waals surface area contributed by atoms with Crippen molar-refractivity contribution in [3.05, 3.63) is 74.8 Å². The van der Waals surface area contributed by atoms with Gasteiger partial charge in [-0.15, -0.1) is 0 Å². The lowest BCUT2D eigenvalue weighted by molar-refractivity contribution is -0.137. The molecule has 3 heterocycles. The Bertz CT molecular complexity index is 1590. The summed E-state index contributed by atoms with van der Waals surface area (Å²) in [7, 11) is -3.87. The number of alkyl halides is 3. The molecule has 1 aromatic carbocycles. The summed E-state index contributed by atoms with van der Waals surface area (Å²) in [5.74, 6) is -0.622. The van der Waals surface area contributed by atoms with E-state index in [4.69, 9.17) is 23.2 Å². The summed E-state index contributed by atoms with van der Waals surface area (Å²) < 4.78 is 65.1.